The van der Waals surface area contributed by atoms with Gasteiger partial charge in [0.1, 0.15) is 6.29 Å². The van der Waals surface area contributed by atoms with E-state index in [4.69, 9.17) is 16.9 Å². The summed E-state index contributed by atoms with van der Waals surface area (Å²) in [6.45, 7) is 0. The molecule has 0 radical (unpaired) electrons. The maximum atomic E-state index is 10.4. The van der Waals surface area contributed by atoms with Crippen molar-refractivity contribution in [3.8, 4) is 6.07 Å². The van der Waals surface area contributed by atoms with E-state index in [9.17, 15) is 4.79 Å². The van der Waals surface area contributed by atoms with Gasteiger partial charge in [-0.25, -0.2) is 0 Å². The average molecular weight is 180 g/mol. The molecule has 3 heteroatoms. The summed E-state index contributed by atoms with van der Waals surface area (Å²) < 4.78 is 0. The molecule has 0 aliphatic heterocycles. The second-order valence-corrected chi connectivity index (χ2v) is 2.59. The lowest BCUT2D eigenvalue weighted by Crippen LogP contribution is -1.87. The van der Waals surface area contributed by atoms with E-state index in [-0.39, 0.29) is 0 Å². The zero-order valence-electron chi connectivity index (χ0n) is 6.25. The third kappa shape index (κ3) is 1.84. The van der Waals surface area contributed by atoms with E-state index in [1.54, 1.807) is 12.1 Å². The van der Waals surface area contributed by atoms with Gasteiger partial charge < -0.3 is 0 Å². The van der Waals surface area contributed by atoms with Gasteiger partial charge in [0.2, 0.25) is 0 Å². The number of nitriles is 1. The monoisotopic (exact) mass is 179 g/mol. The second-order valence-electron chi connectivity index (χ2n) is 2.33. The van der Waals surface area contributed by atoms with Gasteiger partial charge >= 0.3 is 0 Å². The van der Waals surface area contributed by atoms with Crippen LogP contribution in [0, 0.1) is 11.3 Å². The van der Waals surface area contributed by atoms with E-state index in [2.05, 4.69) is 0 Å². The first kappa shape index (κ1) is 8.76. The molecule has 1 aromatic rings. The number of hydrogen-bond acceptors (Lipinski definition) is 2. The molecule has 0 unspecified atom stereocenters. The first-order valence-corrected chi connectivity index (χ1v) is 3.89. The lowest BCUT2D eigenvalue weighted by molar-refractivity contribution is 0.112. The molecule has 1 rings (SSSR count). The van der Waals surface area contributed by atoms with Crippen LogP contribution in [0.2, 0.25) is 0 Å². The summed E-state index contributed by atoms with van der Waals surface area (Å²) in [5.74, 6) is 0.316. The van der Waals surface area contributed by atoms with Crippen LogP contribution in [0.25, 0.3) is 0 Å². The molecule has 0 aliphatic rings. The summed E-state index contributed by atoms with van der Waals surface area (Å²) in [4.78, 5) is 10.4. The Bertz CT molecular complexity index is 341. The molecule has 0 fully saturated rings. The van der Waals surface area contributed by atoms with Crippen molar-refractivity contribution in [2.75, 3.05) is 0 Å². The Balaban J connectivity index is 3.21. The van der Waals surface area contributed by atoms with E-state index in [1.807, 2.05) is 6.07 Å². The van der Waals surface area contributed by atoms with Crippen LogP contribution in [0.3, 0.4) is 0 Å². The van der Waals surface area contributed by atoms with Crippen molar-refractivity contribution in [1.82, 2.24) is 0 Å². The van der Waals surface area contributed by atoms with Gasteiger partial charge in [0.15, 0.2) is 0 Å². The quantitative estimate of drug-likeness (QED) is 0.515. The molecule has 0 aliphatic carbocycles. The maximum Gasteiger partial charge on any atom is 0.150 e. The standard InChI is InChI=1S/C9H6ClNO/c10-4-7-1-8(5-11)3-9(2-7)6-12/h1-3,6H,4H2. The summed E-state index contributed by atoms with van der Waals surface area (Å²) in [5.41, 5.74) is 1.75. The van der Waals surface area contributed by atoms with Gasteiger partial charge in [-0.3, -0.25) is 4.79 Å². The Hall–Kier alpha value is -1.33. The number of aldehydes is 1. The molecular weight excluding hydrogens is 174 g/mol. The van der Waals surface area contributed by atoms with Crippen LogP contribution in [0.5, 0.6) is 0 Å². The number of rotatable bonds is 2. The summed E-state index contributed by atoms with van der Waals surface area (Å²) in [7, 11) is 0. The first-order chi connectivity index (χ1) is 5.80. The SMILES string of the molecule is N#Cc1cc(C=O)cc(CCl)c1. The largest absolute Gasteiger partial charge is 0.298 e. The summed E-state index contributed by atoms with van der Waals surface area (Å²) >= 11 is 5.56. The normalized spacial score (nSPS) is 9.00. The van der Waals surface area contributed by atoms with Crippen LogP contribution < -0.4 is 0 Å². The summed E-state index contributed by atoms with van der Waals surface area (Å²) in [5, 5.41) is 8.57. The highest BCUT2D eigenvalue weighted by atomic mass is 35.5. The molecular formula is C9H6ClNO. The minimum Gasteiger partial charge on any atom is -0.298 e. The molecule has 0 N–H and O–H groups in total. The Labute approximate surface area is 75.4 Å². The topological polar surface area (TPSA) is 40.9 Å². The van der Waals surface area contributed by atoms with Crippen molar-refractivity contribution in [2.45, 2.75) is 5.88 Å². The lowest BCUT2D eigenvalue weighted by atomic mass is 10.1. The smallest absolute Gasteiger partial charge is 0.150 e. The van der Waals surface area contributed by atoms with E-state index in [0.717, 1.165) is 5.56 Å². The minimum atomic E-state index is 0.316. The van der Waals surface area contributed by atoms with Gasteiger partial charge in [0.25, 0.3) is 0 Å². The molecule has 2 nitrogen and oxygen atoms in total. The van der Waals surface area contributed by atoms with Gasteiger partial charge in [0.05, 0.1) is 11.6 Å². The summed E-state index contributed by atoms with van der Waals surface area (Å²) in [6.07, 6.45) is 0.705. The summed E-state index contributed by atoms with van der Waals surface area (Å²) in [6, 6.07) is 6.82. The fourth-order valence-corrected chi connectivity index (χ4v) is 1.08. The fourth-order valence-electron chi connectivity index (χ4n) is 0.928. The zero-order valence-corrected chi connectivity index (χ0v) is 7.01. The first-order valence-electron chi connectivity index (χ1n) is 3.35. The number of hydrogen-bond donors (Lipinski definition) is 0. The number of benzene rings is 1. The minimum absolute atomic E-state index is 0.316. The molecule has 0 bridgehead atoms. The highest BCUT2D eigenvalue weighted by Gasteiger charge is 1.98. The molecule has 0 spiro atoms. The van der Waals surface area contributed by atoms with E-state index in [0.29, 0.717) is 23.3 Å². The molecule has 12 heavy (non-hydrogen) atoms. The molecule has 0 saturated carbocycles. The molecule has 0 heterocycles. The van der Waals surface area contributed by atoms with E-state index in [1.165, 1.54) is 6.07 Å². The van der Waals surface area contributed by atoms with Gasteiger partial charge in [-0.05, 0) is 23.8 Å². The van der Waals surface area contributed by atoms with Crippen LogP contribution in [-0.4, -0.2) is 6.29 Å². The van der Waals surface area contributed by atoms with Crippen molar-refractivity contribution in [2.24, 2.45) is 0 Å². The predicted octanol–water partition coefficient (Wildman–Crippen LogP) is 2.11. The van der Waals surface area contributed by atoms with Crippen LogP contribution >= 0.6 is 11.6 Å². The maximum absolute atomic E-state index is 10.4. The number of alkyl halides is 1. The Morgan fingerprint density at radius 1 is 1.50 bits per heavy atom. The third-order valence-electron chi connectivity index (χ3n) is 1.43. The number of nitrogens with zero attached hydrogens (tertiary/aromatic N) is 1. The zero-order chi connectivity index (χ0) is 8.97. The molecule has 60 valence electrons. The second kappa shape index (κ2) is 3.89. The van der Waals surface area contributed by atoms with Gasteiger partial charge in [-0.2, -0.15) is 5.26 Å². The number of halogens is 1. The Morgan fingerprint density at radius 3 is 2.75 bits per heavy atom. The van der Waals surface area contributed by atoms with Crippen molar-refractivity contribution in [3.05, 3.63) is 34.9 Å². The van der Waals surface area contributed by atoms with Crippen molar-refractivity contribution in [3.63, 3.8) is 0 Å². The predicted molar refractivity (Wildman–Crippen MR) is 46.1 cm³/mol. The molecule has 0 aromatic heterocycles. The van der Waals surface area contributed by atoms with Crippen molar-refractivity contribution >= 4 is 17.9 Å². The average Bonchev–Trinajstić information content (AvgIpc) is 2.16. The fraction of sp³-hybridized carbons (Fsp3) is 0.111. The highest BCUT2D eigenvalue weighted by molar-refractivity contribution is 6.17. The Kier molecular flexibility index (Phi) is 2.84. The molecule has 1 aromatic carbocycles. The van der Waals surface area contributed by atoms with Crippen LogP contribution in [0.15, 0.2) is 18.2 Å². The number of carbonyl (C=O) groups excluding carboxylic acids is 1. The van der Waals surface area contributed by atoms with Crippen LogP contribution in [0.4, 0.5) is 0 Å². The van der Waals surface area contributed by atoms with Crippen LogP contribution in [0.1, 0.15) is 21.5 Å². The van der Waals surface area contributed by atoms with Crippen molar-refractivity contribution in [1.29, 1.82) is 5.26 Å². The van der Waals surface area contributed by atoms with E-state index >= 15 is 0 Å². The van der Waals surface area contributed by atoms with E-state index < -0.39 is 0 Å². The Morgan fingerprint density at radius 2 is 2.25 bits per heavy atom. The van der Waals surface area contributed by atoms with Gasteiger partial charge in [-0.15, -0.1) is 11.6 Å². The van der Waals surface area contributed by atoms with Gasteiger partial charge in [-0.1, -0.05) is 0 Å². The van der Waals surface area contributed by atoms with Crippen molar-refractivity contribution < 1.29 is 4.79 Å². The molecule has 0 atom stereocenters. The van der Waals surface area contributed by atoms with Crippen LogP contribution in [-0.2, 0) is 5.88 Å². The molecule has 0 amide bonds. The van der Waals surface area contributed by atoms with Gasteiger partial charge in [0, 0.05) is 11.4 Å². The molecule has 0 saturated heterocycles. The lowest BCUT2D eigenvalue weighted by Gasteiger charge is -1.97. The number of carbonyl (C=O) groups is 1. The highest BCUT2D eigenvalue weighted by Crippen LogP contribution is 2.10. The third-order valence-corrected chi connectivity index (χ3v) is 1.74.